The van der Waals surface area contributed by atoms with Gasteiger partial charge in [0.05, 0.1) is 0 Å². The van der Waals surface area contributed by atoms with Crippen molar-refractivity contribution in [2.75, 3.05) is 33.7 Å². The molecule has 18 heavy (non-hydrogen) atoms. The van der Waals surface area contributed by atoms with Crippen LogP contribution in [0, 0.1) is 0 Å². The Morgan fingerprint density at radius 1 is 1.56 bits per heavy atom. The summed E-state index contributed by atoms with van der Waals surface area (Å²) >= 11 is 1.83. The minimum atomic E-state index is 0.634. The molecule has 2 heterocycles. The molecular formula is C14H25N3S. The minimum absolute atomic E-state index is 0.634. The maximum Gasteiger partial charge on any atom is 0.0300 e. The fraction of sp³-hybridized carbons (Fsp3) is 0.714. The van der Waals surface area contributed by atoms with E-state index < -0.39 is 0 Å². The zero-order valence-corrected chi connectivity index (χ0v) is 12.5. The third-order valence-corrected chi connectivity index (χ3v) is 4.74. The number of rotatable bonds is 6. The maximum absolute atomic E-state index is 3.56. The van der Waals surface area contributed by atoms with Gasteiger partial charge in [-0.1, -0.05) is 6.07 Å². The Bertz CT molecular complexity index is 337. The zero-order chi connectivity index (χ0) is 13.0. The van der Waals surface area contributed by atoms with E-state index in [4.69, 9.17) is 0 Å². The summed E-state index contributed by atoms with van der Waals surface area (Å²) in [5, 5.41) is 5.71. The van der Waals surface area contributed by atoms with E-state index in [1.807, 2.05) is 11.3 Å². The van der Waals surface area contributed by atoms with Crippen LogP contribution in [0.2, 0.25) is 0 Å². The first kappa shape index (κ1) is 14.0. The molecular weight excluding hydrogens is 242 g/mol. The molecule has 0 aliphatic carbocycles. The van der Waals surface area contributed by atoms with Crippen LogP contribution in [-0.2, 0) is 6.54 Å². The van der Waals surface area contributed by atoms with E-state index in [1.54, 1.807) is 0 Å². The van der Waals surface area contributed by atoms with Crippen molar-refractivity contribution in [3.05, 3.63) is 22.4 Å². The standard InChI is InChI=1S/C14H25N3S/c1-12(9-15-10-14-5-4-8-18-14)17-7-6-13(11-17)16(2)3/h4-5,8,12-13,15H,6-7,9-11H2,1-3H3. The summed E-state index contributed by atoms with van der Waals surface area (Å²) in [6.07, 6.45) is 1.31. The molecule has 1 aromatic rings. The second-order valence-corrected chi connectivity index (χ2v) is 6.49. The topological polar surface area (TPSA) is 18.5 Å². The molecule has 3 nitrogen and oxygen atoms in total. The predicted molar refractivity (Wildman–Crippen MR) is 79.2 cm³/mol. The number of likely N-dealkylation sites (N-methyl/N-ethyl adjacent to an activating group) is 1. The number of thiophene rings is 1. The van der Waals surface area contributed by atoms with Gasteiger partial charge < -0.3 is 10.2 Å². The van der Waals surface area contributed by atoms with Gasteiger partial charge in [0.2, 0.25) is 0 Å². The van der Waals surface area contributed by atoms with Gasteiger partial charge in [0, 0.05) is 43.1 Å². The van der Waals surface area contributed by atoms with Crippen molar-refractivity contribution in [1.82, 2.24) is 15.1 Å². The van der Waals surface area contributed by atoms with Gasteiger partial charge in [-0.15, -0.1) is 11.3 Å². The third-order valence-electron chi connectivity index (χ3n) is 3.87. The summed E-state index contributed by atoms with van der Waals surface area (Å²) in [5.74, 6) is 0. The predicted octanol–water partition coefficient (Wildman–Crippen LogP) is 1.86. The Hall–Kier alpha value is -0.420. The summed E-state index contributed by atoms with van der Waals surface area (Å²) in [4.78, 5) is 6.38. The zero-order valence-electron chi connectivity index (χ0n) is 11.7. The molecule has 2 rings (SSSR count). The van der Waals surface area contributed by atoms with Gasteiger partial charge >= 0.3 is 0 Å². The summed E-state index contributed by atoms with van der Waals surface area (Å²) in [5.41, 5.74) is 0. The number of likely N-dealkylation sites (tertiary alicyclic amines) is 1. The van der Waals surface area contributed by atoms with Crippen LogP contribution in [0.1, 0.15) is 18.2 Å². The molecule has 2 atom stereocenters. The quantitative estimate of drug-likeness (QED) is 0.849. The summed E-state index contributed by atoms with van der Waals surface area (Å²) < 4.78 is 0. The number of nitrogens with one attached hydrogen (secondary N) is 1. The van der Waals surface area contributed by atoms with E-state index >= 15 is 0 Å². The smallest absolute Gasteiger partial charge is 0.0300 e. The average molecular weight is 267 g/mol. The van der Waals surface area contributed by atoms with Gasteiger partial charge in [-0.3, -0.25) is 4.90 Å². The molecule has 0 bridgehead atoms. The van der Waals surface area contributed by atoms with Crippen LogP contribution in [0.25, 0.3) is 0 Å². The highest BCUT2D eigenvalue weighted by molar-refractivity contribution is 7.09. The highest BCUT2D eigenvalue weighted by Gasteiger charge is 2.26. The molecule has 1 saturated heterocycles. The van der Waals surface area contributed by atoms with Crippen molar-refractivity contribution in [3.63, 3.8) is 0 Å². The van der Waals surface area contributed by atoms with Crippen molar-refractivity contribution in [2.45, 2.75) is 32.0 Å². The second-order valence-electron chi connectivity index (χ2n) is 5.46. The van der Waals surface area contributed by atoms with Crippen molar-refractivity contribution in [3.8, 4) is 0 Å². The van der Waals surface area contributed by atoms with Gasteiger partial charge in [-0.25, -0.2) is 0 Å². The van der Waals surface area contributed by atoms with Gasteiger partial charge in [0.25, 0.3) is 0 Å². The second kappa shape index (κ2) is 6.66. The van der Waals surface area contributed by atoms with Gasteiger partial charge in [0.1, 0.15) is 0 Å². The van der Waals surface area contributed by atoms with E-state index in [1.165, 1.54) is 24.4 Å². The van der Waals surface area contributed by atoms with E-state index in [2.05, 4.69) is 53.6 Å². The summed E-state index contributed by atoms with van der Waals surface area (Å²) in [6.45, 7) is 6.88. The van der Waals surface area contributed by atoms with Crippen molar-refractivity contribution >= 4 is 11.3 Å². The molecule has 0 spiro atoms. The Balaban J connectivity index is 1.67. The Morgan fingerprint density at radius 3 is 3.00 bits per heavy atom. The third kappa shape index (κ3) is 3.79. The number of nitrogens with zero attached hydrogens (tertiary/aromatic N) is 2. The van der Waals surface area contributed by atoms with Crippen LogP contribution in [0.4, 0.5) is 0 Å². The lowest BCUT2D eigenvalue weighted by Crippen LogP contribution is -2.40. The van der Waals surface area contributed by atoms with Crippen molar-refractivity contribution in [2.24, 2.45) is 0 Å². The lowest BCUT2D eigenvalue weighted by molar-refractivity contribution is 0.222. The molecule has 1 aliphatic heterocycles. The van der Waals surface area contributed by atoms with Crippen molar-refractivity contribution < 1.29 is 0 Å². The fourth-order valence-electron chi connectivity index (χ4n) is 2.54. The molecule has 2 unspecified atom stereocenters. The van der Waals surface area contributed by atoms with E-state index in [0.29, 0.717) is 6.04 Å². The fourth-order valence-corrected chi connectivity index (χ4v) is 3.21. The van der Waals surface area contributed by atoms with Crippen LogP contribution >= 0.6 is 11.3 Å². The lowest BCUT2D eigenvalue weighted by Gasteiger charge is -2.26. The Kier molecular flexibility index (Phi) is 5.18. The summed E-state index contributed by atoms with van der Waals surface area (Å²) in [6, 6.07) is 5.69. The first-order chi connectivity index (χ1) is 8.66. The van der Waals surface area contributed by atoms with Crippen LogP contribution < -0.4 is 5.32 Å². The molecule has 0 radical (unpaired) electrons. The minimum Gasteiger partial charge on any atom is -0.310 e. The molecule has 4 heteroatoms. The van der Waals surface area contributed by atoms with Gasteiger partial charge in [0.15, 0.2) is 0 Å². The van der Waals surface area contributed by atoms with Gasteiger partial charge in [-0.2, -0.15) is 0 Å². The molecule has 1 fully saturated rings. The first-order valence-corrected chi connectivity index (χ1v) is 7.68. The van der Waals surface area contributed by atoms with Crippen LogP contribution in [0.3, 0.4) is 0 Å². The molecule has 1 aromatic heterocycles. The maximum atomic E-state index is 3.56. The molecule has 1 N–H and O–H groups in total. The average Bonchev–Trinajstić information content (AvgIpc) is 2.99. The van der Waals surface area contributed by atoms with E-state index in [9.17, 15) is 0 Å². The number of hydrogen-bond donors (Lipinski definition) is 1. The first-order valence-electron chi connectivity index (χ1n) is 6.80. The lowest BCUT2D eigenvalue weighted by atomic mass is 10.2. The number of hydrogen-bond acceptors (Lipinski definition) is 4. The van der Waals surface area contributed by atoms with E-state index in [0.717, 1.165) is 19.1 Å². The van der Waals surface area contributed by atoms with Crippen LogP contribution in [-0.4, -0.2) is 55.6 Å². The molecule has 0 amide bonds. The molecule has 0 saturated carbocycles. The monoisotopic (exact) mass is 267 g/mol. The van der Waals surface area contributed by atoms with Gasteiger partial charge in [-0.05, 0) is 38.9 Å². The normalized spacial score (nSPS) is 22.8. The molecule has 102 valence electrons. The van der Waals surface area contributed by atoms with Crippen LogP contribution in [0.5, 0.6) is 0 Å². The van der Waals surface area contributed by atoms with Crippen LogP contribution in [0.15, 0.2) is 17.5 Å². The largest absolute Gasteiger partial charge is 0.310 e. The Labute approximate surface area is 115 Å². The molecule has 0 aromatic carbocycles. The highest BCUT2D eigenvalue weighted by Crippen LogP contribution is 2.15. The Morgan fingerprint density at radius 2 is 2.39 bits per heavy atom. The van der Waals surface area contributed by atoms with Crippen molar-refractivity contribution in [1.29, 1.82) is 0 Å². The molecule has 1 aliphatic rings. The summed E-state index contributed by atoms with van der Waals surface area (Å²) in [7, 11) is 4.38. The van der Waals surface area contributed by atoms with E-state index in [-0.39, 0.29) is 0 Å². The SMILES string of the molecule is CC(CNCc1cccs1)N1CCC(N(C)C)C1. The highest BCUT2D eigenvalue weighted by atomic mass is 32.1.